The summed E-state index contributed by atoms with van der Waals surface area (Å²) >= 11 is 0. The van der Waals surface area contributed by atoms with Gasteiger partial charge in [0, 0.05) is 25.0 Å². The third-order valence-corrected chi connectivity index (χ3v) is 2.27. The fourth-order valence-corrected chi connectivity index (χ4v) is 1.37. The molecule has 0 unspecified atom stereocenters. The fourth-order valence-electron chi connectivity index (χ4n) is 1.37. The van der Waals surface area contributed by atoms with Crippen molar-refractivity contribution in [3.63, 3.8) is 0 Å². The summed E-state index contributed by atoms with van der Waals surface area (Å²) in [6.07, 6.45) is 3.97. The Balaban J connectivity index is 2.26. The summed E-state index contributed by atoms with van der Waals surface area (Å²) in [7, 11) is 0. The number of carbonyl (C=O) groups excluding carboxylic acids is 1. The van der Waals surface area contributed by atoms with Gasteiger partial charge in [0.25, 0.3) is 0 Å². The fraction of sp³-hybridized carbons (Fsp3) is 0.500. The van der Waals surface area contributed by atoms with Crippen LogP contribution in [0, 0.1) is 0 Å². The summed E-state index contributed by atoms with van der Waals surface area (Å²) in [6.45, 7) is 4.91. The Hall–Kier alpha value is -1.42. The maximum absolute atomic E-state index is 11.1. The zero-order valence-corrected chi connectivity index (χ0v) is 9.77. The second kappa shape index (κ2) is 6.95. The quantitative estimate of drug-likeness (QED) is 0.744. The second-order valence-electron chi connectivity index (χ2n) is 3.52. The molecule has 0 bridgehead atoms. The number of rotatable bonds is 6. The van der Waals surface area contributed by atoms with E-state index in [0.717, 1.165) is 5.56 Å². The molecule has 0 spiro atoms. The van der Waals surface area contributed by atoms with E-state index < -0.39 is 0 Å². The average molecular weight is 222 g/mol. The summed E-state index contributed by atoms with van der Waals surface area (Å²) in [5.74, 6) is -0.159. The minimum Gasteiger partial charge on any atom is -0.466 e. The van der Waals surface area contributed by atoms with Gasteiger partial charge < -0.3 is 10.1 Å². The first-order valence-corrected chi connectivity index (χ1v) is 5.53. The van der Waals surface area contributed by atoms with Gasteiger partial charge in [0.1, 0.15) is 0 Å². The maximum atomic E-state index is 11.1. The van der Waals surface area contributed by atoms with Crippen LogP contribution in [0.25, 0.3) is 0 Å². The van der Waals surface area contributed by atoms with Crippen molar-refractivity contribution in [3.05, 3.63) is 30.1 Å². The molecule has 16 heavy (non-hydrogen) atoms. The lowest BCUT2D eigenvalue weighted by molar-refractivity contribution is -0.143. The van der Waals surface area contributed by atoms with Crippen LogP contribution < -0.4 is 5.32 Å². The zero-order chi connectivity index (χ0) is 11.8. The lowest BCUT2D eigenvalue weighted by Crippen LogP contribution is -2.22. The molecule has 1 N–H and O–H groups in total. The van der Waals surface area contributed by atoms with Crippen LogP contribution in [-0.2, 0) is 9.53 Å². The van der Waals surface area contributed by atoms with Crippen molar-refractivity contribution < 1.29 is 9.53 Å². The smallest absolute Gasteiger partial charge is 0.307 e. The predicted molar refractivity (Wildman–Crippen MR) is 61.9 cm³/mol. The summed E-state index contributed by atoms with van der Waals surface area (Å²) in [4.78, 5) is 15.1. The standard InChI is InChI=1S/C12H18N2O2/c1-3-16-12(15)6-8-14-10(2)11-5-4-7-13-9-11/h4-5,7,9-10,14H,3,6,8H2,1-2H3/t10-/m0/s1. The van der Waals surface area contributed by atoms with E-state index in [0.29, 0.717) is 19.6 Å². The first-order chi connectivity index (χ1) is 7.74. The number of pyridine rings is 1. The van der Waals surface area contributed by atoms with Gasteiger partial charge in [-0.2, -0.15) is 0 Å². The number of ether oxygens (including phenoxy) is 1. The van der Waals surface area contributed by atoms with Gasteiger partial charge in [-0.25, -0.2) is 0 Å². The monoisotopic (exact) mass is 222 g/mol. The van der Waals surface area contributed by atoms with Gasteiger partial charge in [-0.15, -0.1) is 0 Å². The molecule has 0 aliphatic heterocycles. The molecule has 1 rings (SSSR count). The van der Waals surface area contributed by atoms with Crippen molar-refractivity contribution in [1.82, 2.24) is 10.3 Å². The molecule has 0 saturated carbocycles. The van der Waals surface area contributed by atoms with E-state index in [9.17, 15) is 4.79 Å². The third kappa shape index (κ3) is 4.40. The van der Waals surface area contributed by atoms with Crippen LogP contribution in [0.2, 0.25) is 0 Å². The summed E-state index contributed by atoms with van der Waals surface area (Å²) in [5.41, 5.74) is 1.12. The van der Waals surface area contributed by atoms with Gasteiger partial charge in [0.05, 0.1) is 13.0 Å². The van der Waals surface area contributed by atoms with Gasteiger partial charge in [0.15, 0.2) is 0 Å². The highest BCUT2D eigenvalue weighted by molar-refractivity contribution is 5.69. The van der Waals surface area contributed by atoms with E-state index >= 15 is 0 Å². The van der Waals surface area contributed by atoms with Gasteiger partial charge >= 0.3 is 5.97 Å². The number of esters is 1. The zero-order valence-electron chi connectivity index (χ0n) is 9.77. The number of nitrogens with zero attached hydrogens (tertiary/aromatic N) is 1. The Labute approximate surface area is 96.0 Å². The van der Waals surface area contributed by atoms with Gasteiger partial charge in [-0.1, -0.05) is 6.07 Å². The lowest BCUT2D eigenvalue weighted by Gasteiger charge is -2.13. The average Bonchev–Trinajstić information content (AvgIpc) is 2.30. The minimum absolute atomic E-state index is 0.159. The number of carbonyl (C=O) groups is 1. The molecule has 1 aromatic rings. The van der Waals surface area contributed by atoms with Crippen LogP contribution in [0.4, 0.5) is 0 Å². The van der Waals surface area contributed by atoms with Crippen molar-refractivity contribution in [1.29, 1.82) is 0 Å². The lowest BCUT2D eigenvalue weighted by atomic mass is 10.1. The minimum atomic E-state index is -0.159. The van der Waals surface area contributed by atoms with Crippen molar-refractivity contribution >= 4 is 5.97 Å². The van der Waals surface area contributed by atoms with E-state index in [2.05, 4.69) is 10.3 Å². The largest absolute Gasteiger partial charge is 0.466 e. The van der Waals surface area contributed by atoms with Crippen LogP contribution >= 0.6 is 0 Å². The molecule has 0 aliphatic rings. The Morgan fingerprint density at radius 3 is 3.06 bits per heavy atom. The van der Waals surface area contributed by atoms with Crippen molar-refractivity contribution in [2.75, 3.05) is 13.2 Å². The van der Waals surface area contributed by atoms with E-state index in [1.807, 2.05) is 32.2 Å². The molecule has 1 heterocycles. The Morgan fingerprint density at radius 2 is 2.44 bits per heavy atom. The van der Waals surface area contributed by atoms with Gasteiger partial charge in [-0.3, -0.25) is 9.78 Å². The van der Waals surface area contributed by atoms with Crippen LogP contribution in [0.3, 0.4) is 0 Å². The number of hydrogen-bond donors (Lipinski definition) is 1. The maximum Gasteiger partial charge on any atom is 0.307 e. The van der Waals surface area contributed by atoms with E-state index in [1.54, 1.807) is 6.20 Å². The Kier molecular flexibility index (Phi) is 5.50. The molecule has 0 aliphatic carbocycles. The second-order valence-corrected chi connectivity index (χ2v) is 3.52. The molecule has 0 amide bonds. The number of aromatic nitrogens is 1. The molecule has 1 aromatic heterocycles. The number of hydrogen-bond acceptors (Lipinski definition) is 4. The highest BCUT2D eigenvalue weighted by Gasteiger charge is 2.06. The van der Waals surface area contributed by atoms with E-state index in [1.165, 1.54) is 0 Å². The topological polar surface area (TPSA) is 51.2 Å². The molecule has 0 fully saturated rings. The first-order valence-electron chi connectivity index (χ1n) is 5.53. The molecule has 4 nitrogen and oxygen atoms in total. The Morgan fingerprint density at radius 1 is 1.62 bits per heavy atom. The van der Waals surface area contributed by atoms with Crippen LogP contribution in [0.15, 0.2) is 24.5 Å². The molecule has 0 radical (unpaired) electrons. The highest BCUT2D eigenvalue weighted by Crippen LogP contribution is 2.09. The van der Waals surface area contributed by atoms with Crippen molar-refractivity contribution in [2.45, 2.75) is 26.3 Å². The molecular formula is C12H18N2O2. The molecule has 4 heteroatoms. The van der Waals surface area contributed by atoms with Gasteiger partial charge in [-0.05, 0) is 25.5 Å². The van der Waals surface area contributed by atoms with E-state index in [4.69, 9.17) is 4.74 Å². The SMILES string of the molecule is CCOC(=O)CCN[C@@H](C)c1cccnc1. The van der Waals surface area contributed by atoms with Crippen molar-refractivity contribution in [2.24, 2.45) is 0 Å². The van der Waals surface area contributed by atoms with Crippen LogP contribution in [-0.4, -0.2) is 24.1 Å². The van der Waals surface area contributed by atoms with Crippen molar-refractivity contribution in [3.8, 4) is 0 Å². The van der Waals surface area contributed by atoms with Crippen LogP contribution in [0.1, 0.15) is 31.9 Å². The molecule has 0 aromatic carbocycles. The summed E-state index contributed by atoms with van der Waals surface area (Å²) < 4.78 is 4.84. The first kappa shape index (κ1) is 12.6. The molecule has 1 atom stereocenters. The molecular weight excluding hydrogens is 204 g/mol. The summed E-state index contributed by atoms with van der Waals surface area (Å²) in [5, 5.41) is 3.25. The highest BCUT2D eigenvalue weighted by atomic mass is 16.5. The van der Waals surface area contributed by atoms with E-state index in [-0.39, 0.29) is 12.0 Å². The molecule has 88 valence electrons. The number of nitrogens with one attached hydrogen (secondary N) is 1. The summed E-state index contributed by atoms with van der Waals surface area (Å²) in [6, 6.07) is 4.11. The van der Waals surface area contributed by atoms with Gasteiger partial charge in [0.2, 0.25) is 0 Å². The predicted octanol–water partition coefficient (Wildman–Crippen LogP) is 1.69. The molecule has 0 saturated heterocycles. The normalized spacial score (nSPS) is 12.1. The Bertz CT molecular complexity index is 314. The van der Waals surface area contributed by atoms with Crippen LogP contribution in [0.5, 0.6) is 0 Å². The third-order valence-electron chi connectivity index (χ3n) is 2.27.